The molecule has 0 aliphatic carbocycles. The van der Waals surface area contributed by atoms with E-state index in [2.05, 4.69) is 9.88 Å². The first-order valence-corrected chi connectivity index (χ1v) is 9.45. The van der Waals surface area contributed by atoms with Gasteiger partial charge in [0.1, 0.15) is 30.8 Å². The Hall–Kier alpha value is -2.84. The van der Waals surface area contributed by atoms with E-state index in [1.165, 1.54) is 12.8 Å². The van der Waals surface area contributed by atoms with Gasteiger partial charge in [0.05, 0.1) is 12.1 Å². The Balaban J connectivity index is 1.52. The second kappa shape index (κ2) is 6.65. The lowest BCUT2D eigenvalue weighted by molar-refractivity contribution is 0.104. The fourth-order valence-electron chi connectivity index (χ4n) is 4.03. The summed E-state index contributed by atoms with van der Waals surface area (Å²) in [7, 11) is 0. The minimum Gasteiger partial charge on any atom is -0.491 e. The molecule has 5 rings (SSSR count). The van der Waals surface area contributed by atoms with Gasteiger partial charge in [0, 0.05) is 31.0 Å². The van der Waals surface area contributed by atoms with Gasteiger partial charge in [0.15, 0.2) is 5.82 Å². The van der Waals surface area contributed by atoms with Gasteiger partial charge in [0.2, 0.25) is 0 Å². The van der Waals surface area contributed by atoms with Crippen molar-refractivity contribution in [3.05, 3.63) is 24.4 Å². The van der Waals surface area contributed by atoms with Crippen LogP contribution in [0.25, 0.3) is 11.4 Å². The number of halogens is 2. The predicted octanol–water partition coefficient (Wildman–Crippen LogP) is 3.13. The molecule has 1 unspecified atom stereocenters. The maximum Gasteiger partial charge on any atom is 0.416 e. The normalized spacial score (nSPS) is 21.4. The van der Waals surface area contributed by atoms with E-state index in [0.717, 1.165) is 35.0 Å². The smallest absolute Gasteiger partial charge is 0.416 e. The summed E-state index contributed by atoms with van der Waals surface area (Å²) in [5.74, 6) is 1.50. The second-order valence-electron chi connectivity index (χ2n) is 7.19. The van der Waals surface area contributed by atoms with Crippen LogP contribution in [0.15, 0.2) is 24.4 Å². The monoisotopic (exact) mass is 390 g/mol. The molecule has 0 bridgehead atoms. The van der Waals surface area contributed by atoms with Crippen molar-refractivity contribution in [1.82, 2.24) is 9.55 Å². The number of anilines is 2. The number of hydrogen-bond acceptors (Lipinski definition) is 5. The van der Waals surface area contributed by atoms with Crippen molar-refractivity contribution in [2.75, 3.05) is 36.1 Å². The Labute approximate surface area is 160 Å². The Morgan fingerprint density at radius 3 is 2.75 bits per heavy atom. The lowest BCUT2D eigenvalue weighted by atomic mass is 10.1. The lowest BCUT2D eigenvalue weighted by Crippen LogP contribution is -2.38. The average molecular weight is 390 g/mol. The van der Waals surface area contributed by atoms with E-state index in [0.29, 0.717) is 19.0 Å². The quantitative estimate of drug-likeness (QED) is 0.806. The number of aromatic nitrogens is 2. The van der Waals surface area contributed by atoms with E-state index in [-0.39, 0.29) is 12.4 Å². The molecule has 0 saturated carbocycles. The summed E-state index contributed by atoms with van der Waals surface area (Å²) >= 11 is 0. The van der Waals surface area contributed by atoms with E-state index < -0.39 is 18.6 Å². The number of cyclic esters (lactones) is 1. The number of alkyl halides is 2. The third-order valence-electron chi connectivity index (χ3n) is 5.47. The maximum absolute atomic E-state index is 13.3. The zero-order valence-electron chi connectivity index (χ0n) is 15.2. The van der Waals surface area contributed by atoms with Crippen LogP contribution >= 0.6 is 0 Å². The molecule has 0 N–H and O–H groups in total. The number of carbonyl (C=O) groups excluding carboxylic acids is 1. The van der Waals surface area contributed by atoms with E-state index in [1.807, 2.05) is 22.8 Å². The van der Waals surface area contributed by atoms with Crippen LogP contribution in [-0.4, -0.2) is 54.4 Å². The summed E-state index contributed by atoms with van der Waals surface area (Å²) < 4.78 is 39.2. The van der Waals surface area contributed by atoms with Crippen molar-refractivity contribution in [3.8, 4) is 17.1 Å². The van der Waals surface area contributed by atoms with Gasteiger partial charge in [-0.3, -0.25) is 0 Å². The first-order chi connectivity index (χ1) is 13.6. The minimum absolute atomic E-state index is 0.180. The molecular formula is C19H20F2N4O3. The molecule has 28 heavy (non-hydrogen) atoms. The third-order valence-corrected chi connectivity index (χ3v) is 5.47. The summed E-state index contributed by atoms with van der Waals surface area (Å²) in [6.45, 7) is 2.67. The summed E-state index contributed by atoms with van der Waals surface area (Å²) in [6.07, 6.45) is 0.488. The van der Waals surface area contributed by atoms with E-state index in [4.69, 9.17) is 9.47 Å². The van der Waals surface area contributed by atoms with Crippen LogP contribution in [0.2, 0.25) is 0 Å². The van der Waals surface area contributed by atoms with Crippen molar-refractivity contribution < 1.29 is 23.0 Å². The van der Waals surface area contributed by atoms with Crippen molar-refractivity contribution in [3.63, 3.8) is 0 Å². The molecule has 2 saturated heterocycles. The Morgan fingerprint density at radius 1 is 1.14 bits per heavy atom. The van der Waals surface area contributed by atoms with Crippen LogP contribution in [0.3, 0.4) is 0 Å². The number of rotatable bonds is 3. The summed E-state index contributed by atoms with van der Waals surface area (Å²) in [6, 6.07) is 4.67. The number of imidazole rings is 1. The van der Waals surface area contributed by atoms with E-state index in [9.17, 15) is 13.6 Å². The maximum atomic E-state index is 13.3. The average Bonchev–Trinajstić information content (AvgIpc) is 3.40. The minimum atomic E-state index is -2.70. The lowest BCUT2D eigenvalue weighted by Gasteiger charge is -2.19. The molecule has 7 nitrogen and oxygen atoms in total. The van der Waals surface area contributed by atoms with Gasteiger partial charge in [-0.15, -0.1) is 0 Å². The Morgan fingerprint density at radius 2 is 1.96 bits per heavy atom. The molecule has 2 fully saturated rings. The number of benzene rings is 1. The standard InChI is InChI=1S/C19H20F2N4O3/c20-17(21)14-11-28-19(26)25(14)16-10-24-7-8-27-15-9-12(23-5-1-2-6-23)3-4-13(15)18(24)22-16/h3-4,9-10,14,17H,1-2,5-8,11H2. The van der Waals surface area contributed by atoms with Crippen molar-refractivity contribution >= 4 is 17.6 Å². The predicted molar refractivity (Wildman–Crippen MR) is 98.2 cm³/mol. The zero-order valence-corrected chi connectivity index (χ0v) is 15.2. The van der Waals surface area contributed by atoms with Crippen LogP contribution in [0, 0.1) is 0 Å². The first-order valence-electron chi connectivity index (χ1n) is 9.45. The van der Waals surface area contributed by atoms with Gasteiger partial charge in [-0.25, -0.2) is 23.5 Å². The van der Waals surface area contributed by atoms with Crippen molar-refractivity contribution in [1.29, 1.82) is 0 Å². The molecule has 0 radical (unpaired) electrons. The highest BCUT2D eigenvalue weighted by Crippen LogP contribution is 2.38. The van der Waals surface area contributed by atoms with E-state index in [1.54, 1.807) is 6.20 Å². The SMILES string of the molecule is O=C1OCC(C(F)F)N1c1cn2c(n1)-c1ccc(N3CCCC3)cc1OCC2. The fourth-order valence-corrected chi connectivity index (χ4v) is 4.03. The molecule has 3 aliphatic heterocycles. The Bertz CT molecular complexity index is 911. The van der Waals surface area contributed by atoms with Crippen LogP contribution in [0.4, 0.5) is 25.1 Å². The van der Waals surface area contributed by atoms with Crippen LogP contribution < -0.4 is 14.5 Å². The number of hydrogen-bond donors (Lipinski definition) is 0. The summed E-state index contributed by atoms with van der Waals surface area (Å²) in [5.41, 5.74) is 1.89. The number of fused-ring (bicyclic) bond motifs is 3. The highest BCUT2D eigenvalue weighted by atomic mass is 19.3. The molecule has 0 spiro atoms. The molecule has 1 atom stereocenters. The Kier molecular flexibility index (Phi) is 4.10. The van der Waals surface area contributed by atoms with E-state index >= 15 is 0 Å². The highest BCUT2D eigenvalue weighted by Gasteiger charge is 2.42. The molecule has 3 aliphatic rings. The molecule has 1 aromatic heterocycles. The van der Waals surface area contributed by atoms with Crippen molar-refractivity contribution in [2.24, 2.45) is 0 Å². The zero-order chi connectivity index (χ0) is 19.3. The third kappa shape index (κ3) is 2.76. The number of amides is 1. The van der Waals surface area contributed by atoms with Gasteiger partial charge in [-0.2, -0.15) is 0 Å². The van der Waals surface area contributed by atoms with Gasteiger partial charge in [-0.05, 0) is 25.0 Å². The number of nitrogens with zero attached hydrogens (tertiary/aromatic N) is 4. The highest BCUT2D eigenvalue weighted by molar-refractivity contribution is 5.89. The van der Waals surface area contributed by atoms with Gasteiger partial charge >= 0.3 is 6.09 Å². The van der Waals surface area contributed by atoms with Crippen LogP contribution in [0.5, 0.6) is 5.75 Å². The second-order valence-corrected chi connectivity index (χ2v) is 7.19. The molecule has 9 heteroatoms. The van der Waals surface area contributed by atoms with Gasteiger partial charge in [0.25, 0.3) is 6.43 Å². The summed E-state index contributed by atoms with van der Waals surface area (Å²) in [4.78, 5) is 19.8. The molecular weight excluding hydrogens is 370 g/mol. The summed E-state index contributed by atoms with van der Waals surface area (Å²) in [5, 5.41) is 0. The molecule has 1 amide bonds. The number of ether oxygens (including phenoxy) is 2. The molecule has 2 aromatic rings. The molecule has 1 aromatic carbocycles. The topological polar surface area (TPSA) is 59.8 Å². The van der Waals surface area contributed by atoms with Gasteiger partial charge < -0.3 is 18.9 Å². The largest absolute Gasteiger partial charge is 0.491 e. The van der Waals surface area contributed by atoms with Gasteiger partial charge in [-0.1, -0.05) is 0 Å². The van der Waals surface area contributed by atoms with Crippen LogP contribution in [0.1, 0.15) is 12.8 Å². The molecule has 4 heterocycles. The van der Waals surface area contributed by atoms with Crippen LogP contribution in [-0.2, 0) is 11.3 Å². The first kappa shape index (κ1) is 17.3. The molecule has 148 valence electrons. The fraction of sp³-hybridized carbons (Fsp3) is 0.474. The van der Waals surface area contributed by atoms with Crippen molar-refractivity contribution in [2.45, 2.75) is 31.9 Å². The number of carbonyl (C=O) groups is 1.